The van der Waals surface area contributed by atoms with Gasteiger partial charge in [-0.3, -0.25) is 4.79 Å². The van der Waals surface area contributed by atoms with Gasteiger partial charge in [0.25, 0.3) is 0 Å². The third-order valence-electron chi connectivity index (χ3n) is 5.53. The zero-order valence-electron chi connectivity index (χ0n) is 16.2. The molecule has 2 atom stereocenters. The molecule has 1 aliphatic rings. The number of nitrogens with zero attached hydrogens (tertiary/aromatic N) is 2. The Morgan fingerprint density at radius 2 is 1.97 bits per heavy atom. The van der Waals surface area contributed by atoms with Crippen LogP contribution in [0.4, 0.5) is 14.5 Å². The molecule has 1 N–H and O–H groups in total. The lowest BCUT2D eigenvalue weighted by atomic mass is 9.91. The van der Waals surface area contributed by atoms with Crippen molar-refractivity contribution >= 4 is 11.6 Å². The number of carbonyl (C=O) groups excluding carboxylic acids is 1. The van der Waals surface area contributed by atoms with Gasteiger partial charge in [-0.15, -0.1) is 0 Å². The van der Waals surface area contributed by atoms with Crippen LogP contribution in [0.1, 0.15) is 55.1 Å². The molecule has 2 aromatic carbocycles. The summed E-state index contributed by atoms with van der Waals surface area (Å²) in [5, 5.41) is 2.78. The summed E-state index contributed by atoms with van der Waals surface area (Å²) < 4.78 is 29.9. The zero-order chi connectivity index (χ0) is 20.4. The fraction of sp³-hybridized carbons (Fsp3) is 0.304. The van der Waals surface area contributed by atoms with Crippen molar-refractivity contribution in [1.29, 1.82) is 0 Å². The Labute approximate surface area is 168 Å². The highest BCUT2D eigenvalue weighted by molar-refractivity contribution is 5.91. The van der Waals surface area contributed by atoms with Crippen LogP contribution in [0.25, 0.3) is 0 Å². The molecule has 4 rings (SSSR count). The summed E-state index contributed by atoms with van der Waals surface area (Å²) in [6.07, 6.45) is 3.95. The van der Waals surface area contributed by atoms with Crippen molar-refractivity contribution in [2.24, 2.45) is 0 Å². The highest BCUT2D eigenvalue weighted by Crippen LogP contribution is 2.35. The summed E-state index contributed by atoms with van der Waals surface area (Å²) in [4.78, 5) is 17.3. The molecular weight excluding hydrogens is 372 g/mol. The first-order chi connectivity index (χ1) is 14.0. The predicted octanol–water partition coefficient (Wildman–Crippen LogP) is 5.22. The third-order valence-corrected chi connectivity index (χ3v) is 5.53. The van der Waals surface area contributed by atoms with Crippen LogP contribution < -0.4 is 5.32 Å². The van der Waals surface area contributed by atoms with Gasteiger partial charge in [-0.1, -0.05) is 25.1 Å². The number of amides is 1. The molecule has 0 fully saturated rings. The Bertz CT molecular complexity index is 1010. The highest BCUT2D eigenvalue weighted by atomic mass is 19.1. The van der Waals surface area contributed by atoms with Crippen LogP contribution in [0, 0.1) is 11.6 Å². The van der Waals surface area contributed by atoms with E-state index in [2.05, 4.69) is 21.8 Å². The van der Waals surface area contributed by atoms with Gasteiger partial charge in [0.2, 0.25) is 5.91 Å². The Morgan fingerprint density at radius 1 is 1.21 bits per heavy atom. The maximum Gasteiger partial charge on any atom is 0.225 e. The first kappa shape index (κ1) is 19.3. The number of rotatable bonds is 5. The highest BCUT2D eigenvalue weighted by Gasteiger charge is 2.28. The van der Waals surface area contributed by atoms with Gasteiger partial charge in [0.1, 0.15) is 17.5 Å². The smallest absolute Gasteiger partial charge is 0.225 e. The molecule has 29 heavy (non-hydrogen) atoms. The van der Waals surface area contributed by atoms with Gasteiger partial charge >= 0.3 is 0 Å². The first-order valence-corrected chi connectivity index (χ1v) is 9.88. The number of imidazole rings is 1. The van der Waals surface area contributed by atoms with Crippen molar-refractivity contribution in [2.75, 3.05) is 5.32 Å². The molecule has 4 nitrogen and oxygen atoms in total. The van der Waals surface area contributed by atoms with Crippen molar-refractivity contribution in [2.45, 2.75) is 44.6 Å². The second kappa shape index (κ2) is 8.15. The largest absolute Gasteiger partial charge is 0.331 e. The van der Waals surface area contributed by atoms with Crippen LogP contribution in [-0.2, 0) is 11.3 Å². The predicted molar refractivity (Wildman–Crippen MR) is 108 cm³/mol. The Hall–Kier alpha value is -3.02. The summed E-state index contributed by atoms with van der Waals surface area (Å²) in [5.74, 6) is -0.0930. The van der Waals surface area contributed by atoms with Crippen molar-refractivity contribution < 1.29 is 13.6 Å². The second-order valence-electron chi connectivity index (χ2n) is 7.57. The molecule has 0 saturated carbocycles. The van der Waals surface area contributed by atoms with E-state index in [4.69, 9.17) is 0 Å². The maximum absolute atomic E-state index is 14.7. The number of fused-ring (bicyclic) bond motifs is 1. The molecule has 0 bridgehead atoms. The van der Waals surface area contributed by atoms with E-state index in [-0.39, 0.29) is 24.0 Å². The van der Waals surface area contributed by atoms with E-state index in [1.807, 2.05) is 0 Å². The molecule has 0 radical (unpaired) electrons. The average molecular weight is 395 g/mol. The number of anilines is 1. The van der Waals surface area contributed by atoms with Gasteiger partial charge in [0, 0.05) is 42.4 Å². The number of hydrogen-bond acceptors (Lipinski definition) is 2. The number of carbonyl (C=O) groups is 1. The molecule has 150 valence electrons. The molecule has 3 aromatic rings. The van der Waals surface area contributed by atoms with Gasteiger partial charge in [-0.25, -0.2) is 13.8 Å². The molecule has 1 aromatic heterocycles. The van der Waals surface area contributed by atoms with Crippen molar-refractivity contribution in [3.8, 4) is 0 Å². The minimum absolute atomic E-state index is 0.0673. The molecular formula is C23H23F2N3O. The van der Waals surface area contributed by atoms with Crippen LogP contribution in [0.15, 0.2) is 54.7 Å². The van der Waals surface area contributed by atoms with Gasteiger partial charge in [0.05, 0.1) is 0 Å². The van der Waals surface area contributed by atoms with Gasteiger partial charge in [-0.2, -0.15) is 0 Å². The summed E-state index contributed by atoms with van der Waals surface area (Å²) in [6.45, 7) is 2.96. The number of aromatic nitrogens is 2. The maximum atomic E-state index is 14.7. The monoisotopic (exact) mass is 395 g/mol. The van der Waals surface area contributed by atoms with Crippen molar-refractivity contribution in [3.05, 3.63) is 83.4 Å². The lowest BCUT2D eigenvalue weighted by molar-refractivity contribution is -0.116. The second-order valence-corrected chi connectivity index (χ2v) is 7.57. The molecule has 2 heterocycles. The topological polar surface area (TPSA) is 46.9 Å². The SMILES string of the molecule is C[C@H]1CCCn2c([C@@H](CC(=O)Nc3ccc(F)cc3)c3ccccc3F)cnc21. The fourth-order valence-corrected chi connectivity index (χ4v) is 4.07. The number of nitrogens with one attached hydrogen (secondary N) is 1. The van der Waals surface area contributed by atoms with Crippen LogP contribution >= 0.6 is 0 Å². The number of hydrogen-bond donors (Lipinski definition) is 1. The normalized spacial score (nSPS) is 16.9. The van der Waals surface area contributed by atoms with E-state index >= 15 is 0 Å². The molecule has 0 unspecified atom stereocenters. The Balaban J connectivity index is 1.66. The summed E-state index contributed by atoms with van der Waals surface area (Å²) in [6, 6.07) is 12.1. The quantitative estimate of drug-likeness (QED) is 0.644. The van der Waals surface area contributed by atoms with Gasteiger partial charge < -0.3 is 9.88 Å². The lowest BCUT2D eigenvalue weighted by Crippen LogP contribution is -2.22. The van der Waals surface area contributed by atoms with Crippen molar-refractivity contribution in [3.63, 3.8) is 0 Å². The summed E-state index contributed by atoms with van der Waals surface area (Å²) >= 11 is 0. The Kier molecular flexibility index (Phi) is 5.43. The lowest BCUT2D eigenvalue weighted by Gasteiger charge is -2.25. The minimum atomic E-state index is -0.455. The molecule has 0 saturated heterocycles. The summed E-state index contributed by atoms with van der Waals surface area (Å²) in [5.41, 5.74) is 1.83. The molecule has 6 heteroatoms. The van der Waals surface area contributed by atoms with Gasteiger partial charge in [-0.05, 0) is 48.7 Å². The number of halogens is 2. The van der Waals surface area contributed by atoms with E-state index in [1.54, 1.807) is 24.4 Å². The van der Waals surface area contributed by atoms with E-state index in [0.717, 1.165) is 30.9 Å². The first-order valence-electron chi connectivity index (χ1n) is 9.88. The number of benzene rings is 2. The van der Waals surface area contributed by atoms with E-state index in [1.165, 1.54) is 30.3 Å². The summed E-state index contributed by atoms with van der Waals surface area (Å²) in [7, 11) is 0. The fourth-order valence-electron chi connectivity index (χ4n) is 4.07. The molecule has 1 aliphatic heterocycles. The van der Waals surface area contributed by atoms with Crippen LogP contribution in [0.5, 0.6) is 0 Å². The standard InChI is InChI=1S/C23H23F2N3O/c1-15-5-4-12-28-21(14-26-23(15)28)19(18-6-2-3-7-20(18)25)13-22(29)27-17-10-8-16(24)9-11-17/h2-3,6-11,14-15,19H,4-5,12-13H2,1H3,(H,27,29)/t15-,19-/m0/s1. The van der Waals surface area contributed by atoms with E-state index in [9.17, 15) is 13.6 Å². The molecule has 0 spiro atoms. The van der Waals surface area contributed by atoms with E-state index < -0.39 is 5.92 Å². The molecule has 0 aliphatic carbocycles. The average Bonchev–Trinajstić information content (AvgIpc) is 3.14. The minimum Gasteiger partial charge on any atom is -0.331 e. The third kappa shape index (κ3) is 4.06. The Morgan fingerprint density at radius 3 is 2.72 bits per heavy atom. The van der Waals surface area contributed by atoms with E-state index in [0.29, 0.717) is 17.2 Å². The van der Waals surface area contributed by atoms with Crippen LogP contribution in [-0.4, -0.2) is 15.5 Å². The van der Waals surface area contributed by atoms with Crippen LogP contribution in [0.3, 0.4) is 0 Å². The van der Waals surface area contributed by atoms with Crippen LogP contribution in [0.2, 0.25) is 0 Å². The zero-order valence-corrected chi connectivity index (χ0v) is 16.2. The van der Waals surface area contributed by atoms with Gasteiger partial charge in [0.15, 0.2) is 0 Å². The van der Waals surface area contributed by atoms with Crippen molar-refractivity contribution in [1.82, 2.24) is 9.55 Å². The molecule has 1 amide bonds.